The SMILES string of the molecule is CNC1CCN(c2ccc(N(C)C(=O)c3ccc(C4CCCCC4)cc3)cn2)C1. The first-order chi connectivity index (χ1) is 14.2. The minimum Gasteiger partial charge on any atom is -0.355 e. The fraction of sp³-hybridized carbons (Fsp3) is 0.500. The van der Waals surface area contributed by atoms with Crippen molar-refractivity contribution in [2.75, 3.05) is 37.0 Å². The van der Waals surface area contributed by atoms with Gasteiger partial charge in [-0.25, -0.2) is 4.98 Å². The van der Waals surface area contributed by atoms with Crippen molar-refractivity contribution in [3.05, 3.63) is 53.7 Å². The molecule has 29 heavy (non-hydrogen) atoms. The van der Waals surface area contributed by atoms with Crippen LogP contribution in [0.5, 0.6) is 0 Å². The van der Waals surface area contributed by atoms with Gasteiger partial charge in [-0.2, -0.15) is 0 Å². The molecule has 5 heteroatoms. The highest BCUT2D eigenvalue weighted by atomic mass is 16.2. The number of nitrogens with zero attached hydrogens (tertiary/aromatic N) is 3. The second-order valence-corrected chi connectivity index (χ2v) is 8.42. The molecular weight excluding hydrogens is 360 g/mol. The molecule has 1 saturated heterocycles. The molecule has 0 bridgehead atoms. The van der Waals surface area contributed by atoms with Crippen molar-refractivity contribution in [3.8, 4) is 0 Å². The molecule has 1 aliphatic carbocycles. The van der Waals surface area contributed by atoms with E-state index in [4.69, 9.17) is 0 Å². The molecule has 4 rings (SSSR count). The van der Waals surface area contributed by atoms with Crippen molar-refractivity contribution >= 4 is 17.4 Å². The summed E-state index contributed by atoms with van der Waals surface area (Å²) in [6.45, 7) is 1.99. The fourth-order valence-corrected chi connectivity index (χ4v) is 4.61. The predicted octanol–water partition coefficient (Wildman–Crippen LogP) is 4.20. The minimum atomic E-state index is 0.00571. The lowest BCUT2D eigenvalue weighted by Gasteiger charge is -2.23. The van der Waals surface area contributed by atoms with E-state index in [1.54, 1.807) is 11.1 Å². The monoisotopic (exact) mass is 392 g/mol. The van der Waals surface area contributed by atoms with Crippen LogP contribution in [0.2, 0.25) is 0 Å². The number of rotatable bonds is 5. The van der Waals surface area contributed by atoms with Gasteiger partial charge in [0, 0.05) is 31.7 Å². The van der Waals surface area contributed by atoms with Gasteiger partial charge in [-0.3, -0.25) is 4.79 Å². The van der Waals surface area contributed by atoms with Gasteiger partial charge in [0.25, 0.3) is 5.91 Å². The van der Waals surface area contributed by atoms with Gasteiger partial charge >= 0.3 is 0 Å². The Kier molecular flexibility index (Phi) is 6.14. The molecule has 1 unspecified atom stereocenters. The second kappa shape index (κ2) is 8.95. The molecule has 154 valence electrons. The van der Waals surface area contributed by atoms with Crippen LogP contribution in [0.3, 0.4) is 0 Å². The Labute approximate surface area is 174 Å². The number of nitrogens with one attached hydrogen (secondary N) is 1. The van der Waals surface area contributed by atoms with E-state index in [2.05, 4.69) is 27.3 Å². The fourth-order valence-electron chi connectivity index (χ4n) is 4.61. The van der Waals surface area contributed by atoms with Crippen LogP contribution in [0.4, 0.5) is 11.5 Å². The molecule has 2 fully saturated rings. The van der Waals surface area contributed by atoms with Gasteiger partial charge in [0.05, 0.1) is 11.9 Å². The Morgan fingerprint density at radius 3 is 2.45 bits per heavy atom. The number of amides is 1. The molecular formula is C24H32N4O. The standard InChI is InChI=1S/C24H32N4O/c1-25-21-14-15-28(17-21)23-13-12-22(16-26-23)27(2)24(29)20-10-8-19(9-11-20)18-6-4-3-5-7-18/h8-13,16,18,21,25H,3-7,14-15,17H2,1-2H3. The first-order valence-electron chi connectivity index (χ1n) is 10.9. The van der Waals surface area contributed by atoms with Crippen molar-refractivity contribution in [2.24, 2.45) is 0 Å². The zero-order chi connectivity index (χ0) is 20.2. The molecule has 5 nitrogen and oxygen atoms in total. The number of carbonyl (C=O) groups excluding carboxylic acids is 1. The largest absolute Gasteiger partial charge is 0.355 e. The van der Waals surface area contributed by atoms with Gasteiger partial charge in [0.2, 0.25) is 0 Å². The summed E-state index contributed by atoms with van der Waals surface area (Å²) in [6, 6.07) is 12.8. The minimum absolute atomic E-state index is 0.00571. The maximum atomic E-state index is 12.9. The number of likely N-dealkylation sites (N-methyl/N-ethyl adjacent to an activating group) is 1. The molecule has 2 aliphatic rings. The van der Waals surface area contributed by atoms with Gasteiger partial charge < -0.3 is 15.1 Å². The van der Waals surface area contributed by atoms with E-state index in [0.717, 1.165) is 36.6 Å². The summed E-state index contributed by atoms with van der Waals surface area (Å²) >= 11 is 0. The number of aromatic nitrogens is 1. The van der Waals surface area contributed by atoms with Gasteiger partial charge in [0.15, 0.2) is 0 Å². The normalized spacial score (nSPS) is 20.1. The summed E-state index contributed by atoms with van der Waals surface area (Å²) < 4.78 is 0. The molecule has 0 spiro atoms. The molecule has 1 N–H and O–H groups in total. The van der Waals surface area contributed by atoms with Gasteiger partial charge in [-0.1, -0.05) is 31.4 Å². The Hall–Kier alpha value is -2.40. The van der Waals surface area contributed by atoms with Crippen LogP contribution in [0.15, 0.2) is 42.6 Å². The zero-order valence-corrected chi connectivity index (χ0v) is 17.6. The van der Waals surface area contributed by atoms with Crippen molar-refractivity contribution in [1.29, 1.82) is 0 Å². The quantitative estimate of drug-likeness (QED) is 0.828. The molecule has 1 aromatic carbocycles. The Morgan fingerprint density at radius 1 is 1.07 bits per heavy atom. The molecule has 1 atom stereocenters. The highest BCUT2D eigenvalue weighted by Crippen LogP contribution is 2.32. The lowest BCUT2D eigenvalue weighted by atomic mass is 9.84. The Balaban J connectivity index is 1.41. The predicted molar refractivity (Wildman–Crippen MR) is 119 cm³/mol. The smallest absolute Gasteiger partial charge is 0.258 e. The lowest BCUT2D eigenvalue weighted by molar-refractivity contribution is 0.0993. The van der Waals surface area contributed by atoms with Gasteiger partial charge in [-0.15, -0.1) is 0 Å². The van der Waals surface area contributed by atoms with E-state index < -0.39 is 0 Å². The number of anilines is 2. The first-order valence-corrected chi connectivity index (χ1v) is 10.9. The molecule has 0 radical (unpaired) electrons. The topological polar surface area (TPSA) is 48.5 Å². The van der Waals surface area contributed by atoms with Crippen LogP contribution in [0.1, 0.15) is 60.4 Å². The molecule has 1 amide bonds. The van der Waals surface area contributed by atoms with Crippen LogP contribution in [-0.2, 0) is 0 Å². The van der Waals surface area contributed by atoms with E-state index >= 15 is 0 Å². The Morgan fingerprint density at radius 2 is 1.83 bits per heavy atom. The summed E-state index contributed by atoms with van der Waals surface area (Å²) in [4.78, 5) is 21.5. The lowest BCUT2D eigenvalue weighted by Crippen LogP contribution is -2.30. The van der Waals surface area contributed by atoms with E-state index in [0.29, 0.717) is 12.0 Å². The molecule has 1 aliphatic heterocycles. The molecule has 1 saturated carbocycles. The van der Waals surface area contributed by atoms with Crippen molar-refractivity contribution in [3.63, 3.8) is 0 Å². The number of carbonyl (C=O) groups is 1. The highest BCUT2D eigenvalue weighted by Gasteiger charge is 2.22. The van der Waals surface area contributed by atoms with Crippen molar-refractivity contribution < 1.29 is 4.79 Å². The van der Waals surface area contributed by atoms with E-state index in [9.17, 15) is 4.79 Å². The van der Waals surface area contributed by atoms with Gasteiger partial charge in [-0.05, 0) is 62.1 Å². The summed E-state index contributed by atoms with van der Waals surface area (Å²) in [5, 5.41) is 3.33. The number of hydrogen-bond donors (Lipinski definition) is 1. The average Bonchev–Trinajstić information content (AvgIpc) is 3.28. The third-order valence-electron chi connectivity index (χ3n) is 6.58. The number of hydrogen-bond acceptors (Lipinski definition) is 4. The molecule has 1 aromatic heterocycles. The molecule has 2 heterocycles. The molecule has 2 aromatic rings. The van der Waals surface area contributed by atoms with Crippen LogP contribution >= 0.6 is 0 Å². The second-order valence-electron chi connectivity index (χ2n) is 8.42. The van der Waals surface area contributed by atoms with Crippen LogP contribution in [0, 0.1) is 0 Å². The van der Waals surface area contributed by atoms with Crippen LogP contribution in [-0.4, -0.2) is 44.1 Å². The third kappa shape index (κ3) is 4.45. The maximum absolute atomic E-state index is 12.9. The first kappa shape index (κ1) is 19.9. The van der Waals surface area contributed by atoms with E-state index in [-0.39, 0.29) is 5.91 Å². The van der Waals surface area contributed by atoms with Crippen LogP contribution < -0.4 is 15.1 Å². The maximum Gasteiger partial charge on any atom is 0.258 e. The highest BCUT2D eigenvalue weighted by molar-refractivity contribution is 6.05. The summed E-state index contributed by atoms with van der Waals surface area (Å²) in [5.41, 5.74) is 2.92. The number of pyridine rings is 1. The van der Waals surface area contributed by atoms with Crippen molar-refractivity contribution in [1.82, 2.24) is 10.3 Å². The zero-order valence-electron chi connectivity index (χ0n) is 17.6. The van der Waals surface area contributed by atoms with E-state index in [1.807, 2.05) is 38.4 Å². The number of benzene rings is 1. The van der Waals surface area contributed by atoms with Crippen LogP contribution in [0.25, 0.3) is 0 Å². The van der Waals surface area contributed by atoms with Crippen molar-refractivity contribution in [2.45, 2.75) is 50.5 Å². The summed E-state index contributed by atoms with van der Waals surface area (Å²) in [6.07, 6.45) is 9.49. The van der Waals surface area contributed by atoms with E-state index in [1.165, 1.54) is 37.7 Å². The van der Waals surface area contributed by atoms with Gasteiger partial charge in [0.1, 0.15) is 5.82 Å². The average molecular weight is 393 g/mol. The Bertz CT molecular complexity index is 812. The summed E-state index contributed by atoms with van der Waals surface area (Å²) in [7, 11) is 3.83. The third-order valence-corrected chi connectivity index (χ3v) is 6.58. The summed E-state index contributed by atoms with van der Waals surface area (Å²) in [5.74, 6) is 1.64.